The summed E-state index contributed by atoms with van der Waals surface area (Å²) in [6, 6.07) is 0. The Morgan fingerprint density at radius 2 is 1.11 bits per heavy atom. The van der Waals surface area contributed by atoms with Crippen LogP contribution in [0.5, 0.6) is 0 Å². The van der Waals surface area contributed by atoms with E-state index < -0.39 is 30.3 Å². The molecule has 0 radical (unpaired) electrons. The second-order valence-electron chi connectivity index (χ2n) is 3.34. The second-order valence-corrected chi connectivity index (χ2v) is 3.34. The highest BCUT2D eigenvalue weighted by Crippen LogP contribution is 2.02. The summed E-state index contributed by atoms with van der Waals surface area (Å²) in [6.45, 7) is 5.53. The molecule has 0 aliphatic rings. The molecule has 106 valence electrons. The standard InChI is InChI=1S/C6H8O4.C5H6O4/c1-3(5(7)8)4(2)6(9)10;1-3(5(8)9)2-4(6)7/h1-2H3,(H,7,8)(H,9,10);1-2H2,(H,6,7)(H,8,9)/b4-3-;. The van der Waals surface area contributed by atoms with Crippen molar-refractivity contribution in [3.8, 4) is 0 Å². The molecule has 0 amide bonds. The van der Waals surface area contributed by atoms with Crippen molar-refractivity contribution in [3.05, 3.63) is 23.3 Å². The van der Waals surface area contributed by atoms with E-state index in [1.165, 1.54) is 13.8 Å². The fourth-order valence-corrected chi connectivity index (χ4v) is 0.579. The van der Waals surface area contributed by atoms with E-state index in [0.717, 1.165) is 0 Å². The van der Waals surface area contributed by atoms with Gasteiger partial charge in [-0.15, -0.1) is 0 Å². The third kappa shape index (κ3) is 9.10. The molecule has 4 N–H and O–H groups in total. The fourth-order valence-electron chi connectivity index (χ4n) is 0.579. The smallest absolute Gasteiger partial charge is 0.331 e. The quantitative estimate of drug-likeness (QED) is 0.532. The van der Waals surface area contributed by atoms with Gasteiger partial charge < -0.3 is 20.4 Å². The number of hydrogen-bond donors (Lipinski definition) is 4. The van der Waals surface area contributed by atoms with Crippen LogP contribution in [-0.2, 0) is 19.2 Å². The van der Waals surface area contributed by atoms with Crippen molar-refractivity contribution < 1.29 is 39.6 Å². The summed E-state index contributed by atoms with van der Waals surface area (Å²) >= 11 is 0. The van der Waals surface area contributed by atoms with Crippen molar-refractivity contribution in [3.63, 3.8) is 0 Å². The molecule has 0 bridgehead atoms. The molecule has 0 aromatic rings. The Morgan fingerprint density at radius 1 is 0.789 bits per heavy atom. The van der Waals surface area contributed by atoms with Gasteiger partial charge in [-0.3, -0.25) is 4.79 Å². The van der Waals surface area contributed by atoms with Crippen LogP contribution in [0, 0.1) is 0 Å². The molecule has 19 heavy (non-hydrogen) atoms. The Labute approximate surface area is 108 Å². The van der Waals surface area contributed by atoms with E-state index in [-0.39, 0.29) is 16.7 Å². The van der Waals surface area contributed by atoms with Crippen LogP contribution in [0.2, 0.25) is 0 Å². The molecule has 0 saturated carbocycles. The van der Waals surface area contributed by atoms with Crippen LogP contribution in [0.4, 0.5) is 0 Å². The van der Waals surface area contributed by atoms with Gasteiger partial charge in [-0.05, 0) is 13.8 Å². The predicted octanol–water partition coefficient (Wildman–Crippen LogP) is 0.594. The lowest BCUT2D eigenvalue weighted by molar-refractivity contribution is -0.139. The molecule has 0 rings (SSSR count). The molecular weight excluding hydrogens is 260 g/mol. The van der Waals surface area contributed by atoms with Gasteiger partial charge in [-0.25, -0.2) is 14.4 Å². The van der Waals surface area contributed by atoms with Crippen LogP contribution in [0.15, 0.2) is 23.3 Å². The Hall–Kier alpha value is -2.64. The first-order valence-corrected chi connectivity index (χ1v) is 4.77. The molecule has 0 aliphatic heterocycles. The van der Waals surface area contributed by atoms with Gasteiger partial charge in [0.1, 0.15) is 0 Å². The summed E-state index contributed by atoms with van der Waals surface area (Å²) in [6.07, 6.45) is -0.505. The van der Waals surface area contributed by atoms with Crippen LogP contribution in [0.25, 0.3) is 0 Å². The Morgan fingerprint density at radius 3 is 1.21 bits per heavy atom. The summed E-state index contributed by atoms with van der Waals surface area (Å²) in [4.78, 5) is 39.9. The average molecular weight is 274 g/mol. The van der Waals surface area contributed by atoms with Crippen molar-refractivity contribution in [2.45, 2.75) is 20.3 Å². The lowest BCUT2D eigenvalue weighted by Crippen LogP contribution is -2.06. The molecule has 0 fully saturated rings. The first kappa shape index (κ1) is 18.7. The third-order valence-corrected chi connectivity index (χ3v) is 1.87. The molecule has 0 unspecified atom stereocenters. The van der Waals surface area contributed by atoms with Gasteiger partial charge in [0.25, 0.3) is 0 Å². The summed E-state index contributed by atoms with van der Waals surface area (Å²) in [5, 5.41) is 32.6. The van der Waals surface area contributed by atoms with Crippen molar-refractivity contribution in [1.29, 1.82) is 0 Å². The van der Waals surface area contributed by atoms with Gasteiger partial charge in [-0.1, -0.05) is 6.58 Å². The lowest BCUT2D eigenvalue weighted by Gasteiger charge is -1.95. The maximum Gasteiger partial charge on any atom is 0.331 e. The fraction of sp³-hybridized carbons (Fsp3) is 0.273. The largest absolute Gasteiger partial charge is 0.481 e. The minimum atomic E-state index is -1.27. The highest BCUT2D eigenvalue weighted by atomic mass is 16.4. The van der Waals surface area contributed by atoms with E-state index in [1.54, 1.807) is 0 Å². The van der Waals surface area contributed by atoms with Crippen molar-refractivity contribution >= 4 is 23.9 Å². The summed E-state index contributed by atoms with van der Waals surface area (Å²) in [5.41, 5.74) is -0.567. The van der Waals surface area contributed by atoms with Crippen LogP contribution in [0.1, 0.15) is 20.3 Å². The molecule has 0 aromatic carbocycles. The van der Waals surface area contributed by atoms with E-state index in [1.807, 2.05) is 0 Å². The van der Waals surface area contributed by atoms with Crippen LogP contribution < -0.4 is 0 Å². The number of aliphatic carboxylic acids is 4. The second kappa shape index (κ2) is 8.45. The van der Waals surface area contributed by atoms with Gasteiger partial charge in [0.05, 0.1) is 6.42 Å². The predicted molar refractivity (Wildman–Crippen MR) is 62.7 cm³/mol. The Bertz CT molecular complexity index is 422. The first-order chi connectivity index (χ1) is 8.50. The number of rotatable bonds is 5. The highest BCUT2D eigenvalue weighted by Gasteiger charge is 2.10. The molecule has 0 aromatic heterocycles. The zero-order valence-corrected chi connectivity index (χ0v) is 10.3. The third-order valence-electron chi connectivity index (χ3n) is 1.87. The molecule has 0 aliphatic carbocycles. The van der Waals surface area contributed by atoms with Crippen LogP contribution >= 0.6 is 0 Å². The highest BCUT2D eigenvalue weighted by molar-refractivity contribution is 5.97. The Balaban J connectivity index is 0. The van der Waals surface area contributed by atoms with Crippen LogP contribution in [-0.4, -0.2) is 44.3 Å². The summed E-state index contributed by atoms with van der Waals surface area (Å²) < 4.78 is 0. The molecule has 0 atom stereocenters. The van der Waals surface area contributed by atoms with Crippen LogP contribution in [0.3, 0.4) is 0 Å². The number of carboxylic acids is 4. The van der Waals surface area contributed by atoms with E-state index in [0.29, 0.717) is 0 Å². The molecule has 0 heterocycles. The van der Waals surface area contributed by atoms with Gasteiger partial charge in [0.2, 0.25) is 0 Å². The lowest BCUT2D eigenvalue weighted by atomic mass is 10.1. The first-order valence-electron chi connectivity index (χ1n) is 4.77. The number of carbonyl (C=O) groups is 4. The van der Waals surface area contributed by atoms with Gasteiger partial charge in [0.15, 0.2) is 0 Å². The summed E-state index contributed by atoms with van der Waals surface area (Å²) in [5.74, 6) is -4.83. The van der Waals surface area contributed by atoms with Gasteiger partial charge in [0, 0.05) is 16.7 Å². The molecular formula is C11H14O8. The average Bonchev–Trinajstić information content (AvgIpc) is 2.26. The van der Waals surface area contributed by atoms with Crippen molar-refractivity contribution in [1.82, 2.24) is 0 Å². The van der Waals surface area contributed by atoms with E-state index in [2.05, 4.69) is 6.58 Å². The monoisotopic (exact) mass is 274 g/mol. The maximum atomic E-state index is 10.1. The van der Waals surface area contributed by atoms with E-state index >= 15 is 0 Å². The van der Waals surface area contributed by atoms with E-state index in [4.69, 9.17) is 20.4 Å². The van der Waals surface area contributed by atoms with Gasteiger partial charge in [-0.2, -0.15) is 0 Å². The molecule has 0 saturated heterocycles. The van der Waals surface area contributed by atoms with Gasteiger partial charge >= 0.3 is 23.9 Å². The minimum Gasteiger partial charge on any atom is -0.481 e. The minimum absolute atomic E-state index is 0.132. The topological polar surface area (TPSA) is 149 Å². The van der Waals surface area contributed by atoms with Crippen molar-refractivity contribution in [2.75, 3.05) is 0 Å². The summed E-state index contributed by atoms with van der Waals surface area (Å²) in [7, 11) is 0. The van der Waals surface area contributed by atoms with E-state index in [9.17, 15) is 19.2 Å². The number of hydrogen-bond acceptors (Lipinski definition) is 4. The maximum absolute atomic E-state index is 10.1. The zero-order valence-electron chi connectivity index (χ0n) is 10.3. The number of carboxylic acid groups (broad SMARTS) is 4. The Kier molecular flexibility index (Phi) is 8.33. The molecule has 8 nitrogen and oxygen atoms in total. The molecule has 0 spiro atoms. The SMILES string of the molecule is C/C(C(=O)O)=C(\C)C(=O)O.C=C(CC(=O)O)C(=O)O. The molecule has 8 heteroatoms. The zero-order chi connectivity index (χ0) is 15.7. The van der Waals surface area contributed by atoms with Crippen molar-refractivity contribution in [2.24, 2.45) is 0 Å². The normalized spacial score (nSPS) is 10.4.